The van der Waals surface area contributed by atoms with E-state index in [1.165, 1.54) is 0 Å². The van der Waals surface area contributed by atoms with Crippen LogP contribution in [0.1, 0.15) is 25.5 Å². The minimum atomic E-state index is 0.179. The molecule has 3 N–H and O–H groups in total. The molecular weight excluding hydrogens is 190 g/mol. The highest BCUT2D eigenvalue weighted by atomic mass is 16.5. The molecule has 0 bridgehead atoms. The van der Waals surface area contributed by atoms with Crippen molar-refractivity contribution in [2.45, 2.75) is 19.9 Å². The zero-order valence-electron chi connectivity index (χ0n) is 8.95. The van der Waals surface area contributed by atoms with Crippen molar-refractivity contribution in [3.8, 4) is 5.75 Å². The van der Waals surface area contributed by atoms with Gasteiger partial charge in [0.25, 0.3) is 0 Å². The highest BCUT2D eigenvalue weighted by molar-refractivity contribution is 5.85. The summed E-state index contributed by atoms with van der Waals surface area (Å²) in [5.74, 6) is 1.24. The number of nitrogens with two attached hydrogens (primary N) is 1. The van der Waals surface area contributed by atoms with Crippen LogP contribution in [-0.4, -0.2) is 12.6 Å². The lowest BCUT2D eigenvalue weighted by molar-refractivity contribution is 0.340. The maximum Gasteiger partial charge on any atom is 0.194 e. The number of para-hydroxylation sites is 1. The second-order valence-corrected chi connectivity index (χ2v) is 3.49. The lowest BCUT2D eigenvalue weighted by Crippen LogP contribution is -2.35. The molecule has 1 unspecified atom stereocenters. The maximum atomic E-state index is 5.69. The molecule has 0 fully saturated rings. The van der Waals surface area contributed by atoms with Crippen molar-refractivity contribution < 1.29 is 4.74 Å². The molecule has 0 aliphatic carbocycles. The average molecular weight is 205 g/mol. The number of rotatable bonds is 2. The lowest BCUT2D eigenvalue weighted by Gasteiger charge is -2.23. The van der Waals surface area contributed by atoms with E-state index in [1.807, 2.05) is 25.1 Å². The number of hydrogen-bond acceptors (Lipinski definition) is 4. The van der Waals surface area contributed by atoms with Crippen LogP contribution in [0.3, 0.4) is 0 Å². The summed E-state index contributed by atoms with van der Waals surface area (Å²) in [4.78, 5) is 4.27. The van der Waals surface area contributed by atoms with Crippen molar-refractivity contribution in [3.63, 3.8) is 0 Å². The van der Waals surface area contributed by atoms with Crippen LogP contribution in [0.15, 0.2) is 23.2 Å². The molecular formula is C11H15N3O. The Morgan fingerprint density at radius 2 is 2.33 bits per heavy atom. The van der Waals surface area contributed by atoms with Gasteiger partial charge in [0.2, 0.25) is 0 Å². The van der Waals surface area contributed by atoms with Crippen molar-refractivity contribution in [1.29, 1.82) is 0 Å². The van der Waals surface area contributed by atoms with Gasteiger partial charge in [0.1, 0.15) is 11.4 Å². The molecule has 0 amide bonds. The van der Waals surface area contributed by atoms with E-state index in [-0.39, 0.29) is 6.04 Å². The van der Waals surface area contributed by atoms with Crippen LogP contribution in [-0.2, 0) is 0 Å². The van der Waals surface area contributed by atoms with Gasteiger partial charge < -0.3 is 15.8 Å². The first kappa shape index (κ1) is 9.83. The summed E-state index contributed by atoms with van der Waals surface area (Å²) in [6.07, 6.45) is 0. The Kier molecular flexibility index (Phi) is 2.49. The molecule has 0 spiro atoms. The van der Waals surface area contributed by atoms with E-state index < -0.39 is 0 Å². The van der Waals surface area contributed by atoms with E-state index >= 15 is 0 Å². The van der Waals surface area contributed by atoms with E-state index in [1.54, 1.807) is 0 Å². The molecule has 4 heteroatoms. The number of ether oxygens (including phenoxy) is 1. The van der Waals surface area contributed by atoms with Gasteiger partial charge in [0.05, 0.1) is 12.6 Å². The Morgan fingerprint density at radius 3 is 3.07 bits per heavy atom. The zero-order valence-corrected chi connectivity index (χ0v) is 8.95. The Balaban J connectivity index is 2.50. The SMILES string of the molecule is CCOc1cccc2c1N=C(N)NC2C. The summed E-state index contributed by atoms with van der Waals surface area (Å²) >= 11 is 0. The van der Waals surface area contributed by atoms with E-state index in [2.05, 4.69) is 17.2 Å². The Hall–Kier alpha value is -1.71. The topological polar surface area (TPSA) is 59.6 Å². The largest absolute Gasteiger partial charge is 0.492 e. The molecule has 0 radical (unpaired) electrons. The Bertz CT molecular complexity index is 401. The summed E-state index contributed by atoms with van der Waals surface area (Å²) in [7, 11) is 0. The van der Waals surface area contributed by atoms with Gasteiger partial charge in [0, 0.05) is 5.56 Å². The monoisotopic (exact) mass is 205 g/mol. The summed E-state index contributed by atoms with van der Waals surface area (Å²) in [6.45, 7) is 4.64. The summed E-state index contributed by atoms with van der Waals surface area (Å²) in [6, 6.07) is 6.10. The Morgan fingerprint density at radius 1 is 1.53 bits per heavy atom. The first-order valence-corrected chi connectivity index (χ1v) is 5.08. The highest BCUT2D eigenvalue weighted by Crippen LogP contribution is 2.36. The first-order chi connectivity index (χ1) is 7.22. The second kappa shape index (κ2) is 3.81. The average Bonchev–Trinajstić information content (AvgIpc) is 2.19. The third kappa shape index (κ3) is 1.75. The number of aliphatic imine (C=N–C) groups is 1. The van der Waals surface area contributed by atoms with Gasteiger partial charge in [-0.05, 0) is 19.9 Å². The molecule has 80 valence electrons. The van der Waals surface area contributed by atoms with E-state index in [0.717, 1.165) is 17.0 Å². The third-order valence-corrected chi connectivity index (χ3v) is 2.39. The highest BCUT2D eigenvalue weighted by Gasteiger charge is 2.19. The fraction of sp³-hybridized carbons (Fsp3) is 0.364. The predicted molar refractivity (Wildman–Crippen MR) is 60.4 cm³/mol. The summed E-state index contributed by atoms with van der Waals surface area (Å²) in [5, 5.41) is 3.08. The predicted octanol–water partition coefficient (Wildman–Crippen LogP) is 1.70. The Labute approximate surface area is 89.1 Å². The second-order valence-electron chi connectivity index (χ2n) is 3.49. The number of fused-ring (bicyclic) bond motifs is 1. The molecule has 1 aromatic carbocycles. The van der Waals surface area contributed by atoms with E-state index in [9.17, 15) is 0 Å². The quantitative estimate of drug-likeness (QED) is 0.772. The van der Waals surface area contributed by atoms with Crippen molar-refractivity contribution in [2.75, 3.05) is 6.61 Å². The molecule has 2 rings (SSSR count). The molecule has 1 aliphatic rings. The number of benzene rings is 1. The van der Waals surface area contributed by atoms with Gasteiger partial charge in [-0.2, -0.15) is 0 Å². The molecule has 1 aromatic rings. The third-order valence-electron chi connectivity index (χ3n) is 2.39. The van der Waals surface area contributed by atoms with Crippen molar-refractivity contribution >= 4 is 11.6 Å². The number of nitrogens with one attached hydrogen (secondary N) is 1. The standard InChI is InChI=1S/C11H15N3O/c1-3-15-9-6-4-5-8-7(2)13-11(12)14-10(8)9/h4-7H,3H2,1-2H3,(H3,12,13,14). The maximum absolute atomic E-state index is 5.69. The number of nitrogens with zero attached hydrogens (tertiary/aromatic N) is 1. The number of hydrogen-bond donors (Lipinski definition) is 2. The molecule has 1 heterocycles. The molecule has 1 atom stereocenters. The molecule has 4 nitrogen and oxygen atoms in total. The van der Waals surface area contributed by atoms with Crippen LogP contribution < -0.4 is 15.8 Å². The van der Waals surface area contributed by atoms with Gasteiger partial charge in [-0.1, -0.05) is 12.1 Å². The van der Waals surface area contributed by atoms with Crippen LogP contribution in [0, 0.1) is 0 Å². The molecule has 0 aromatic heterocycles. The number of guanidine groups is 1. The van der Waals surface area contributed by atoms with Gasteiger partial charge >= 0.3 is 0 Å². The van der Waals surface area contributed by atoms with Crippen molar-refractivity contribution in [2.24, 2.45) is 10.7 Å². The molecule has 0 saturated heterocycles. The molecule has 15 heavy (non-hydrogen) atoms. The van der Waals surface area contributed by atoms with Crippen LogP contribution in [0.5, 0.6) is 5.75 Å². The van der Waals surface area contributed by atoms with Crippen LogP contribution in [0.25, 0.3) is 0 Å². The van der Waals surface area contributed by atoms with Crippen molar-refractivity contribution in [1.82, 2.24) is 5.32 Å². The van der Waals surface area contributed by atoms with E-state index in [0.29, 0.717) is 12.6 Å². The first-order valence-electron chi connectivity index (χ1n) is 5.08. The van der Waals surface area contributed by atoms with Gasteiger partial charge in [-0.15, -0.1) is 0 Å². The smallest absolute Gasteiger partial charge is 0.194 e. The minimum Gasteiger partial charge on any atom is -0.492 e. The normalized spacial score (nSPS) is 18.8. The zero-order chi connectivity index (χ0) is 10.8. The summed E-state index contributed by atoms with van der Waals surface area (Å²) in [5.41, 5.74) is 7.66. The van der Waals surface area contributed by atoms with Crippen molar-refractivity contribution in [3.05, 3.63) is 23.8 Å². The lowest BCUT2D eigenvalue weighted by atomic mass is 10.0. The van der Waals surface area contributed by atoms with Crippen LogP contribution in [0.2, 0.25) is 0 Å². The van der Waals surface area contributed by atoms with Gasteiger partial charge in [-0.25, -0.2) is 4.99 Å². The fourth-order valence-corrected chi connectivity index (χ4v) is 1.73. The van der Waals surface area contributed by atoms with E-state index in [4.69, 9.17) is 10.5 Å². The van der Waals surface area contributed by atoms with Gasteiger partial charge in [0.15, 0.2) is 5.96 Å². The summed E-state index contributed by atoms with van der Waals surface area (Å²) < 4.78 is 5.51. The van der Waals surface area contributed by atoms with Gasteiger partial charge in [-0.3, -0.25) is 0 Å². The van der Waals surface area contributed by atoms with Crippen LogP contribution in [0.4, 0.5) is 5.69 Å². The van der Waals surface area contributed by atoms with Crippen LogP contribution >= 0.6 is 0 Å². The fourth-order valence-electron chi connectivity index (χ4n) is 1.73. The molecule has 1 aliphatic heterocycles. The minimum absolute atomic E-state index is 0.179. The molecule has 0 saturated carbocycles.